The third kappa shape index (κ3) is 5.87. The van der Waals surface area contributed by atoms with Crippen LogP contribution >= 0.6 is 0 Å². The number of amides is 2. The predicted octanol–water partition coefficient (Wildman–Crippen LogP) is 3.35. The molecule has 1 unspecified atom stereocenters. The molecule has 1 aromatic carbocycles. The van der Waals surface area contributed by atoms with E-state index in [0.717, 1.165) is 17.4 Å². The second kappa shape index (κ2) is 10.1. The lowest BCUT2D eigenvalue weighted by Gasteiger charge is -2.30. The van der Waals surface area contributed by atoms with Crippen molar-refractivity contribution in [2.75, 3.05) is 6.54 Å². The van der Waals surface area contributed by atoms with Gasteiger partial charge in [-0.2, -0.15) is 5.10 Å². The molecule has 1 atom stereocenters. The van der Waals surface area contributed by atoms with Gasteiger partial charge in [0.1, 0.15) is 6.04 Å². The van der Waals surface area contributed by atoms with Crippen LogP contribution in [-0.4, -0.2) is 45.3 Å². The molecule has 174 valence electrons. The van der Waals surface area contributed by atoms with E-state index in [-0.39, 0.29) is 13.0 Å². The van der Waals surface area contributed by atoms with Crippen molar-refractivity contribution in [2.45, 2.75) is 71.9 Å². The van der Waals surface area contributed by atoms with Gasteiger partial charge >= 0.3 is 5.97 Å². The molecule has 3 N–H and O–H groups in total. The van der Waals surface area contributed by atoms with E-state index >= 15 is 0 Å². The smallest absolute Gasteiger partial charge is 0.305 e. The molecule has 2 amide bonds. The Balaban J connectivity index is 1.81. The van der Waals surface area contributed by atoms with Gasteiger partial charge in [0.15, 0.2) is 5.69 Å². The second-order valence-electron chi connectivity index (χ2n) is 9.76. The zero-order chi connectivity index (χ0) is 23.3. The van der Waals surface area contributed by atoms with Crippen molar-refractivity contribution < 1.29 is 19.5 Å². The maximum Gasteiger partial charge on any atom is 0.305 e. The van der Waals surface area contributed by atoms with Crippen molar-refractivity contribution in [3.8, 4) is 0 Å². The Hall–Kier alpha value is -2.90. The standard InChI is InChI=1S/C24H34N4O4/c1-24(2,3)21(23(32)25-14-13-19(29)30)26-22(31)20-17-11-7-8-12-18(17)28(27-20)15-16-9-5-4-6-10-16/h7-8,11-12,16,21H,4-6,9-10,13-15H2,1-3H3,(H,25,32)(H,26,31)(H,29,30). The number of fused-ring (bicyclic) bond motifs is 1. The van der Waals surface area contributed by atoms with Gasteiger partial charge in [0.05, 0.1) is 11.9 Å². The highest BCUT2D eigenvalue weighted by Crippen LogP contribution is 2.27. The molecule has 1 saturated carbocycles. The van der Waals surface area contributed by atoms with Gasteiger partial charge in [0, 0.05) is 18.5 Å². The fraction of sp³-hybridized carbons (Fsp3) is 0.583. The molecule has 1 heterocycles. The molecule has 8 heteroatoms. The molecule has 0 spiro atoms. The first-order valence-electron chi connectivity index (χ1n) is 11.4. The van der Waals surface area contributed by atoms with E-state index in [0.29, 0.717) is 11.6 Å². The number of carbonyl (C=O) groups is 3. The zero-order valence-electron chi connectivity index (χ0n) is 19.2. The largest absolute Gasteiger partial charge is 0.481 e. The first-order chi connectivity index (χ1) is 15.2. The number of carboxylic acids is 1. The molecule has 32 heavy (non-hydrogen) atoms. The SMILES string of the molecule is CC(C)(C)C(NC(=O)c1nn(CC2CCCCC2)c2ccccc12)C(=O)NCCC(=O)O. The van der Waals surface area contributed by atoms with Crippen LogP contribution in [-0.2, 0) is 16.1 Å². The predicted molar refractivity (Wildman–Crippen MR) is 122 cm³/mol. The van der Waals surface area contributed by atoms with Crippen LogP contribution in [0.1, 0.15) is 69.8 Å². The highest BCUT2D eigenvalue weighted by atomic mass is 16.4. The van der Waals surface area contributed by atoms with E-state index in [2.05, 4.69) is 15.7 Å². The summed E-state index contributed by atoms with van der Waals surface area (Å²) in [6.07, 6.45) is 5.94. The molecule has 1 aromatic heterocycles. The van der Waals surface area contributed by atoms with Gasteiger partial charge in [-0.05, 0) is 30.2 Å². The number of para-hydroxylation sites is 1. The summed E-state index contributed by atoms with van der Waals surface area (Å²) in [5.41, 5.74) is 0.661. The molecule has 0 saturated heterocycles. The number of benzene rings is 1. The van der Waals surface area contributed by atoms with Crippen molar-refractivity contribution in [1.82, 2.24) is 20.4 Å². The van der Waals surface area contributed by atoms with E-state index < -0.39 is 29.2 Å². The van der Waals surface area contributed by atoms with Gasteiger partial charge in [-0.25, -0.2) is 0 Å². The van der Waals surface area contributed by atoms with Crippen LogP contribution in [0, 0.1) is 11.3 Å². The molecule has 0 radical (unpaired) electrons. The van der Waals surface area contributed by atoms with E-state index in [1.165, 1.54) is 32.1 Å². The highest BCUT2D eigenvalue weighted by molar-refractivity contribution is 6.06. The normalized spacial score (nSPS) is 16.0. The highest BCUT2D eigenvalue weighted by Gasteiger charge is 2.34. The van der Waals surface area contributed by atoms with Gasteiger partial charge in [-0.15, -0.1) is 0 Å². The minimum atomic E-state index is -0.989. The Labute approximate surface area is 188 Å². The maximum absolute atomic E-state index is 13.2. The van der Waals surface area contributed by atoms with Crippen molar-refractivity contribution in [3.63, 3.8) is 0 Å². The zero-order valence-corrected chi connectivity index (χ0v) is 19.2. The second-order valence-corrected chi connectivity index (χ2v) is 9.76. The monoisotopic (exact) mass is 442 g/mol. The van der Waals surface area contributed by atoms with Gasteiger partial charge < -0.3 is 15.7 Å². The number of carboxylic acid groups (broad SMARTS) is 1. The first kappa shape index (κ1) is 23.8. The number of nitrogens with one attached hydrogen (secondary N) is 2. The van der Waals surface area contributed by atoms with E-state index in [9.17, 15) is 14.4 Å². The molecule has 0 aliphatic heterocycles. The summed E-state index contributed by atoms with van der Waals surface area (Å²) in [6, 6.07) is 6.85. The van der Waals surface area contributed by atoms with E-state index in [1.54, 1.807) is 0 Å². The van der Waals surface area contributed by atoms with Crippen molar-refractivity contribution in [2.24, 2.45) is 11.3 Å². The topological polar surface area (TPSA) is 113 Å². The molecular weight excluding hydrogens is 408 g/mol. The molecule has 3 rings (SSSR count). The lowest BCUT2D eigenvalue weighted by Crippen LogP contribution is -2.53. The summed E-state index contributed by atoms with van der Waals surface area (Å²) in [7, 11) is 0. The van der Waals surface area contributed by atoms with E-state index in [4.69, 9.17) is 5.11 Å². The fourth-order valence-electron chi connectivity index (χ4n) is 4.32. The number of aliphatic carboxylic acids is 1. The molecular formula is C24H34N4O4. The number of nitrogens with zero attached hydrogens (tertiary/aromatic N) is 2. The van der Waals surface area contributed by atoms with Crippen molar-refractivity contribution >= 4 is 28.7 Å². The number of hydrogen-bond donors (Lipinski definition) is 3. The van der Waals surface area contributed by atoms with Crippen molar-refractivity contribution in [1.29, 1.82) is 0 Å². The quantitative estimate of drug-likeness (QED) is 0.580. The summed E-state index contributed by atoms with van der Waals surface area (Å²) in [6.45, 7) is 6.36. The lowest BCUT2D eigenvalue weighted by atomic mass is 9.86. The number of hydrogen-bond acceptors (Lipinski definition) is 4. The van der Waals surface area contributed by atoms with Gasteiger partial charge in [0.25, 0.3) is 5.91 Å². The van der Waals surface area contributed by atoms with Crippen LogP contribution in [0.3, 0.4) is 0 Å². The average Bonchev–Trinajstić information content (AvgIpc) is 3.10. The van der Waals surface area contributed by atoms with Crippen molar-refractivity contribution in [3.05, 3.63) is 30.0 Å². The van der Waals surface area contributed by atoms with Crippen LogP contribution in [0.5, 0.6) is 0 Å². The van der Waals surface area contributed by atoms with Gasteiger partial charge in [-0.1, -0.05) is 58.2 Å². The minimum absolute atomic E-state index is 0.00949. The molecule has 8 nitrogen and oxygen atoms in total. The molecule has 2 aromatic rings. The minimum Gasteiger partial charge on any atom is -0.481 e. The Kier molecular flexibility index (Phi) is 7.53. The molecule has 1 aliphatic carbocycles. The third-order valence-electron chi connectivity index (χ3n) is 6.07. The number of carbonyl (C=O) groups excluding carboxylic acids is 2. The van der Waals surface area contributed by atoms with Crippen LogP contribution in [0.2, 0.25) is 0 Å². The van der Waals surface area contributed by atoms with Gasteiger partial charge in [0.2, 0.25) is 5.91 Å². The average molecular weight is 443 g/mol. The summed E-state index contributed by atoms with van der Waals surface area (Å²) in [4.78, 5) is 36.7. The van der Waals surface area contributed by atoms with Crippen LogP contribution < -0.4 is 10.6 Å². The Morgan fingerprint density at radius 1 is 1.16 bits per heavy atom. The van der Waals surface area contributed by atoms with Crippen LogP contribution in [0.15, 0.2) is 24.3 Å². The third-order valence-corrected chi connectivity index (χ3v) is 6.07. The van der Waals surface area contributed by atoms with Crippen LogP contribution in [0.25, 0.3) is 10.9 Å². The Bertz CT molecular complexity index is 970. The number of aromatic nitrogens is 2. The fourth-order valence-corrected chi connectivity index (χ4v) is 4.32. The maximum atomic E-state index is 13.2. The first-order valence-corrected chi connectivity index (χ1v) is 11.4. The van der Waals surface area contributed by atoms with Crippen LogP contribution in [0.4, 0.5) is 0 Å². The van der Waals surface area contributed by atoms with Gasteiger partial charge in [-0.3, -0.25) is 19.1 Å². The number of rotatable bonds is 8. The summed E-state index contributed by atoms with van der Waals surface area (Å²) < 4.78 is 1.93. The summed E-state index contributed by atoms with van der Waals surface area (Å²) in [5, 5.41) is 19.7. The molecule has 0 bridgehead atoms. The summed E-state index contributed by atoms with van der Waals surface area (Å²) in [5.74, 6) is -1.24. The Morgan fingerprint density at radius 2 is 1.84 bits per heavy atom. The molecule has 1 fully saturated rings. The Morgan fingerprint density at radius 3 is 2.50 bits per heavy atom. The lowest BCUT2D eigenvalue weighted by molar-refractivity contribution is -0.137. The summed E-state index contributed by atoms with van der Waals surface area (Å²) >= 11 is 0. The van der Waals surface area contributed by atoms with E-state index in [1.807, 2.05) is 49.7 Å². The molecule has 1 aliphatic rings.